The number of benzene rings is 4. The summed E-state index contributed by atoms with van der Waals surface area (Å²) in [4.78, 5) is 11.5. The fourth-order valence-corrected chi connectivity index (χ4v) is 2.95. The van der Waals surface area contributed by atoms with Gasteiger partial charge in [0.05, 0.1) is 0 Å². The molecule has 0 bridgehead atoms. The number of hydrogen-bond donors (Lipinski definition) is 0. The lowest BCUT2D eigenvalue weighted by atomic mass is 9.94. The van der Waals surface area contributed by atoms with Crippen molar-refractivity contribution in [2.24, 2.45) is 0 Å². The minimum absolute atomic E-state index is 0.440. The van der Waals surface area contributed by atoms with E-state index in [9.17, 15) is 4.79 Å². The molecule has 0 radical (unpaired) electrons. The summed E-state index contributed by atoms with van der Waals surface area (Å²) in [6.07, 6.45) is 1.18. The largest absolute Gasteiger partial charge is 0.423 e. The van der Waals surface area contributed by atoms with Crippen molar-refractivity contribution < 1.29 is 9.53 Å². The summed E-state index contributed by atoms with van der Waals surface area (Å²) in [7, 11) is 0. The average Bonchev–Trinajstić information content (AvgIpc) is 2.53. The van der Waals surface area contributed by atoms with E-state index in [1.807, 2.05) is 18.2 Å². The highest BCUT2D eigenvalue weighted by Gasteiger charge is 2.12. The molecular formula is C19H12O2. The van der Waals surface area contributed by atoms with Gasteiger partial charge in [0.15, 0.2) is 0 Å². The summed E-state index contributed by atoms with van der Waals surface area (Å²) in [5, 5.41) is 6.83. The maximum Gasteiger partial charge on any atom is 0.335 e. The van der Waals surface area contributed by atoms with Crippen LogP contribution in [0.5, 0.6) is 5.75 Å². The van der Waals surface area contributed by atoms with E-state index in [2.05, 4.69) is 43.0 Å². The van der Waals surface area contributed by atoms with Crippen LogP contribution in [0.2, 0.25) is 0 Å². The Labute approximate surface area is 121 Å². The fraction of sp³-hybridized carbons (Fsp3) is 0. The zero-order valence-electron chi connectivity index (χ0n) is 11.3. The summed E-state index contributed by atoms with van der Waals surface area (Å²) in [5.41, 5.74) is 0. The Morgan fingerprint density at radius 2 is 1.48 bits per heavy atom. The smallest absolute Gasteiger partial charge is 0.335 e. The molecule has 0 aromatic heterocycles. The molecule has 2 heteroatoms. The molecule has 0 aliphatic carbocycles. The topological polar surface area (TPSA) is 26.3 Å². The number of hydrogen-bond acceptors (Lipinski definition) is 2. The van der Waals surface area contributed by atoms with Crippen LogP contribution < -0.4 is 4.74 Å². The molecule has 21 heavy (non-hydrogen) atoms. The molecule has 0 aliphatic rings. The predicted molar refractivity (Wildman–Crippen MR) is 86.0 cm³/mol. The standard InChI is InChI=1S/C19H12O2/c1-2-17(20)21-16-11-9-14-7-6-12-4-3-5-13-8-10-15(16)19(14)18(12)13/h2-11H,1H2. The third kappa shape index (κ3) is 1.69. The fourth-order valence-electron chi connectivity index (χ4n) is 2.95. The first-order valence-corrected chi connectivity index (χ1v) is 6.79. The van der Waals surface area contributed by atoms with Crippen LogP contribution in [0.3, 0.4) is 0 Å². The van der Waals surface area contributed by atoms with E-state index in [-0.39, 0.29) is 0 Å². The lowest BCUT2D eigenvalue weighted by molar-refractivity contribution is -0.128. The molecule has 0 fully saturated rings. The molecule has 0 amide bonds. The van der Waals surface area contributed by atoms with Gasteiger partial charge in [-0.05, 0) is 33.7 Å². The summed E-state index contributed by atoms with van der Waals surface area (Å²) >= 11 is 0. The number of carbonyl (C=O) groups is 1. The van der Waals surface area contributed by atoms with Crippen molar-refractivity contribution in [2.45, 2.75) is 0 Å². The highest BCUT2D eigenvalue weighted by Crippen LogP contribution is 2.38. The second-order valence-electron chi connectivity index (χ2n) is 5.04. The minimum atomic E-state index is -0.440. The number of esters is 1. The first kappa shape index (κ1) is 11.9. The van der Waals surface area contributed by atoms with Gasteiger partial charge in [0, 0.05) is 16.8 Å². The maximum atomic E-state index is 11.5. The molecule has 4 rings (SSSR count). The average molecular weight is 272 g/mol. The summed E-state index contributed by atoms with van der Waals surface area (Å²) in [6, 6.07) is 18.4. The van der Waals surface area contributed by atoms with Crippen molar-refractivity contribution in [3.05, 3.63) is 67.3 Å². The number of rotatable bonds is 2. The Balaban J connectivity index is 2.15. The Morgan fingerprint density at radius 3 is 2.19 bits per heavy atom. The number of carbonyl (C=O) groups excluding carboxylic acids is 1. The molecule has 0 N–H and O–H groups in total. The highest BCUT2D eigenvalue weighted by atomic mass is 16.5. The second-order valence-corrected chi connectivity index (χ2v) is 5.04. The first-order valence-electron chi connectivity index (χ1n) is 6.79. The van der Waals surface area contributed by atoms with Crippen molar-refractivity contribution in [1.82, 2.24) is 0 Å². The molecule has 4 aromatic rings. The van der Waals surface area contributed by atoms with Crippen LogP contribution in [-0.2, 0) is 4.79 Å². The minimum Gasteiger partial charge on any atom is -0.423 e. The molecule has 0 saturated heterocycles. The third-order valence-corrected chi connectivity index (χ3v) is 3.87. The molecule has 0 heterocycles. The Kier molecular flexibility index (Phi) is 2.45. The molecule has 0 spiro atoms. The quantitative estimate of drug-likeness (QED) is 0.229. The van der Waals surface area contributed by atoms with Crippen LogP contribution in [0.25, 0.3) is 32.3 Å². The molecule has 100 valence electrons. The Bertz CT molecular complexity index is 983. The van der Waals surface area contributed by atoms with Gasteiger partial charge >= 0.3 is 5.97 Å². The third-order valence-electron chi connectivity index (χ3n) is 3.87. The normalized spacial score (nSPS) is 11.2. The van der Waals surface area contributed by atoms with E-state index in [0.29, 0.717) is 5.75 Å². The Hall–Kier alpha value is -2.87. The van der Waals surface area contributed by atoms with Crippen LogP contribution >= 0.6 is 0 Å². The zero-order valence-corrected chi connectivity index (χ0v) is 11.3. The Morgan fingerprint density at radius 1 is 0.857 bits per heavy atom. The molecule has 2 nitrogen and oxygen atoms in total. The lowest BCUT2D eigenvalue weighted by Crippen LogP contribution is -2.03. The molecular weight excluding hydrogens is 260 g/mol. The molecule has 0 unspecified atom stereocenters. The molecule has 0 saturated carbocycles. The van der Waals surface area contributed by atoms with Gasteiger partial charge in [-0.3, -0.25) is 0 Å². The van der Waals surface area contributed by atoms with Crippen LogP contribution in [0.15, 0.2) is 67.3 Å². The zero-order chi connectivity index (χ0) is 14.4. The van der Waals surface area contributed by atoms with Crippen molar-refractivity contribution >= 4 is 38.3 Å². The van der Waals surface area contributed by atoms with Gasteiger partial charge in [-0.25, -0.2) is 4.79 Å². The van der Waals surface area contributed by atoms with E-state index < -0.39 is 5.97 Å². The monoisotopic (exact) mass is 272 g/mol. The van der Waals surface area contributed by atoms with Crippen molar-refractivity contribution in [3.63, 3.8) is 0 Å². The van der Waals surface area contributed by atoms with Gasteiger partial charge in [-0.1, -0.05) is 49.0 Å². The van der Waals surface area contributed by atoms with E-state index in [1.165, 1.54) is 22.2 Å². The second kappa shape index (κ2) is 4.32. The van der Waals surface area contributed by atoms with Crippen LogP contribution in [0.1, 0.15) is 0 Å². The summed E-state index contributed by atoms with van der Waals surface area (Å²) in [5.74, 6) is 0.135. The predicted octanol–water partition coefficient (Wildman–Crippen LogP) is 4.68. The summed E-state index contributed by atoms with van der Waals surface area (Å²) < 4.78 is 5.36. The SMILES string of the molecule is C=CC(=O)Oc1ccc2ccc3cccc4ccc1c2c34. The molecule has 0 aliphatic heterocycles. The summed E-state index contributed by atoms with van der Waals surface area (Å²) in [6.45, 7) is 3.44. The van der Waals surface area contributed by atoms with Crippen molar-refractivity contribution in [1.29, 1.82) is 0 Å². The number of ether oxygens (including phenoxy) is 1. The van der Waals surface area contributed by atoms with E-state index in [1.54, 1.807) is 0 Å². The molecule has 0 atom stereocenters. The van der Waals surface area contributed by atoms with Crippen molar-refractivity contribution in [3.8, 4) is 5.75 Å². The first-order chi connectivity index (χ1) is 10.3. The van der Waals surface area contributed by atoms with Gasteiger partial charge in [0.25, 0.3) is 0 Å². The van der Waals surface area contributed by atoms with Gasteiger partial charge in [0.2, 0.25) is 0 Å². The van der Waals surface area contributed by atoms with E-state index >= 15 is 0 Å². The van der Waals surface area contributed by atoms with Gasteiger partial charge in [0.1, 0.15) is 5.75 Å². The lowest BCUT2D eigenvalue weighted by Gasteiger charge is -2.13. The van der Waals surface area contributed by atoms with Gasteiger partial charge < -0.3 is 4.74 Å². The van der Waals surface area contributed by atoms with Gasteiger partial charge in [-0.2, -0.15) is 0 Å². The van der Waals surface area contributed by atoms with E-state index in [4.69, 9.17) is 4.74 Å². The van der Waals surface area contributed by atoms with E-state index in [0.717, 1.165) is 16.2 Å². The van der Waals surface area contributed by atoms with Crippen molar-refractivity contribution in [2.75, 3.05) is 0 Å². The van der Waals surface area contributed by atoms with Gasteiger partial charge in [-0.15, -0.1) is 0 Å². The highest BCUT2D eigenvalue weighted by molar-refractivity contribution is 6.24. The maximum absolute atomic E-state index is 11.5. The van der Waals surface area contributed by atoms with Crippen LogP contribution in [-0.4, -0.2) is 5.97 Å². The van der Waals surface area contributed by atoms with Crippen LogP contribution in [0, 0.1) is 0 Å². The molecule has 4 aromatic carbocycles. The van der Waals surface area contributed by atoms with Crippen LogP contribution in [0.4, 0.5) is 0 Å².